The minimum absolute atomic E-state index is 0.0843. The Morgan fingerprint density at radius 3 is 0.871 bits per heavy atom. The van der Waals surface area contributed by atoms with E-state index in [0.29, 0.717) is 19.3 Å². The largest absolute Gasteiger partial charge is 0.462 e. The van der Waals surface area contributed by atoms with Crippen molar-refractivity contribution in [3.63, 3.8) is 0 Å². The number of hydrogen-bond donors (Lipinski definition) is 0. The number of carbonyl (C=O) groups excluding carboxylic acids is 3. The summed E-state index contributed by atoms with van der Waals surface area (Å²) in [6.45, 7) is 6.52. The molecule has 0 bridgehead atoms. The van der Waals surface area contributed by atoms with Crippen molar-refractivity contribution in [2.45, 2.75) is 303 Å². The molecule has 0 spiro atoms. The van der Waals surface area contributed by atoms with E-state index in [-0.39, 0.29) is 31.1 Å². The van der Waals surface area contributed by atoms with Gasteiger partial charge in [0.2, 0.25) is 0 Å². The average Bonchev–Trinajstić information content (AvgIpc) is 3.36. The molecular formula is C64H112O6. The van der Waals surface area contributed by atoms with Gasteiger partial charge in [-0.05, 0) is 89.9 Å². The third-order valence-corrected chi connectivity index (χ3v) is 12.9. The van der Waals surface area contributed by atoms with Crippen LogP contribution in [0.15, 0.2) is 72.9 Å². The number of allylic oxidation sites excluding steroid dienone is 12. The third-order valence-electron chi connectivity index (χ3n) is 12.9. The van der Waals surface area contributed by atoms with Gasteiger partial charge in [-0.3, -0.25) is 14.4 Å². The summed E-state index contributed by atoms with van der Waals surface area (Å²) in [5.41, 5.74) is 0. The van der Waals surface area contributed by atoms with Gasteiger partial charge < -0.3 is 14.2 Å². The minimum Gasteiger partial charge on any atom is -0.462 e. The Balaban J connectivity index is 4.38. The van der Waals surface area contributed by atoms with Gasteiger partial charge in [0, 0.05) is 19.3 Å². The van der Waals surface area contributed by atoms with Crippen LogP contribution in [0.25, 0.3) is 0 Å². The summed E-state index contributed by atoms with van der Waals surface area (Å²) in [5, 5.41) is 0. The highest BCUT2D eigenvalue weighted by atomic mass is 16.6. The van der Waals surface area contributed by atoms with Crippen LogP contribution in [-0.2, 0) is 28.6 Å². The Morgan fingerprint density at radius 2 is 0.557 bits per heavy atom. The molecule has 0 heterocycles. The highest BCUT2D eigenvalue weighted by Gasteiger charge is 2.19. The molecule has 0 aromatic heterocycles. The first kappa shape index (κ1) is 66.9. The number of carbonyl (C=O) groups is 3. The Kier molecular flexibility index (Phi) is 55.8. The summed E-state index contributed by atoms with van der Waals surface area (Å²) < 4.78 is 16.9. The summed E-state index contributed by atoms with van der Waals surface area (Å²) in [7, 11) is 0. The van der Waals surface area contributed by atoms with Crippen LogP contribution in [0.4, 0.5) is 0 Å². The highest BCUT2D eigenvalue weighted by Crippen LogP contribution is 2.16. The van der Waals surface area contributed by atoms with Gasteiger partial charge in [0.1, 0.15) is 13.2 Å². The van der Waals surface area contributed by atoms with Crippen molar-refractivity contribution in [3.8, 4) is 0 Å². The molecule has 0 aromatic rings. The molecule has 0 aromatic carbocycles. The zero-order chi connectivity index (χ0) is 50.7. The summed E-state index contributed by atoms with van der Waals surface area (Å²) in [4.78, 5) is 38.2. The van der Waals surface area contributed by atoms with Gasteiger partial charge in [0.05, 0.1) is 0 Å². The van der Waals surface area contributed by atoms with Crippen molar-refractivity contribution >= 4 is 17.9 Å². The molecule has 0 aliphatic heterocycles. The summed E-state index contributed by atoms with van der Waals surface area (Å²) in [5.74, 6) is -0.901. The molecule has 1 unspecified atom stereocenters. The van der Waals surface area contributed by atoms with Crippen LogP contribution >= 0.6 is 0 Å². The van der Waals surface area contributed by atoms with Crippen LogP contribution in [0.3, 0.4) is 0 Å². The Morgan fingerprint density at radius 1 is 0.300 bits per heavy atom. The molecule has 1 atom stereocenters. The monoisotopic (exact) mass is 977 g/mol. The predicted octanol–water partition coefficient (Wildman–Crippen LogP) is 20.2. The number of esters is 3. The third kappa shape index (κ3) is 55.8. The molecule has 0 fully saturated rings. The average molecular weight is 978 g/mol. The van der Waals surface area contributed by atoms with E-state index in [0.717, 1.165) is 103 Å². The number of rotatable bonds is 54. The zero-order valence-corrected chi connectivity index (χ0v) is 46.3. The molecular weight excluding hydrogens is 865 g/mol. The molecule has 6 nitrogen and oxygen atoms in total. The van der Waals surface area contributed by atoms with E-state index in [1.807, 2.05) is 0 Å². The van der Waals surface area contributed by atoms with Crippen LogP contribution in [0.5, 0.6) is 0 Å². The molecule has 0 amide bonds. The van der Waals surface area contributed by atoms with Gasteiger partial charge >= 0.3 is 17.9 Å². The molecule has 0 radical (unpaired) electrons. The van der Waals surface area contributed by atoms with E-state index >= 15 is 0 Å². The fourth-order valence-electron chi connectivity index (χ4n) is 8.47. The molecule has 0 N–H and O–H groups in total. The maximum Gasteiger partial charge on any atom is 0.306 e. The first-order valence-electron chi connectivity index (χ1n) is 29.9. The lowest BCUT2D eigenvalue weighted by molar-refractivity contribution is -0.167. The minimum atomic E-state index is -0.789. The van der Waals surface area contributed by atoms with Crippen molar-refractivity contribution in [3.05, 3.63) is 72.9 Å². The SMILES string of the molecule is CC/C=C\C/C=C\C/C=C\C/C=C\CCCCCCC(=O)OC(COC(=O)CCCCCCCCCCC/C=C\C/C=C\CCCCCCC)COC(=O)CCCCCCCCCCCCCCCC. The van der Waals surface area contributed by atoms with E-state index in [1.165, 1.54) is 154 Å². The van der Waals surface area contributed by atoms with E-state index < -0.39 is 6.10 Å². The summed E-state index contributed by atoms with van der Waals surface area (Å²) in [6.07, 6.45) is 74.6. The molecule has 6 heteroatoms. The first-order chi connectivity index (χ1) is 34.5. The second-order valence-electron chi connectivity index (χ2n) is 19.9. The fraction of sp³-hybridized carbons (Fsp3) is 0.766. The number of ether oxygens (including phenoxy) is 3. The number of unbranched alkanes of at least 4 members (excludes halogenated alkanes) is 31. The second kappa shape index (κ2) is 58.4. The van der Waals surface area contributed by atoms with Crippen LogP contribution < -0.4 is 0 Å². The van der Waals surface area contributed by atoms with E-state index in [9.17, 15) is 14.4 Å². The lowest BCUT2D eigenvalue weighted by Crippen LogP contribution is -2.30. The smallest absolute Gasteiger partial charge is 0.306 e. The van der Waals surface area contributed by atoms with Crippen molar-refractivity contribution < 1.29 is 28.6 Å². The van der Waals surface area contributed by atoms with Gasteiger partial charge in [-0.25, -0.2) is 0 Å². The van der Waals surface area contributed by atoms with Crippen molar-refractivity contribution in [1.29, 1.82) is 0 Å². The van der Waals surface area contributed by atoms with Gasteiger partial charge in [0.15, 0.2) is 6.10 Å². The van der Waals surface area contributed by atoms with E-state index in [4.69, 9.17) is 14.2 Å². The Bertz CT molecular complexity index is 1310. The van der Waals surface area contributed by atoms with E-state index in [1.54, 1.807) is 0 Å². The molecule has 70 heavy (non-hydrogen) atoms. The van der Waals surface area contributed by atoms with Gasteiger partial charge in [0.25, 0.3) is 0 Å². The van der Waals surface area contributed by atoms with Crippen LogP contribution in [0, 0.1) is 0 Å². The maximum absolute atomic E-state index is 12.9. The van der Waals surface area contributed by atoms with Crippen LogP contribution in [-0.4, -0.2) is 37.2 Å². The topological polar surface area (TPSA) is 78.9 Å². The van der Waals surface area contributed by atoms with E-state index in [2.05, 4.69) is 93.7 Å². The second-order valence-corrected chi connectivity index (χ2v) is 19.9. The first-order valence-corrected chi connectivity index (χ1v) is 29.9. The predicted molar refractivity (Wildman–Crippen MR) is 302 cm³/mol. The zero-order valence-electron chi connectivity index (χ0n) is 46.3. The highest BCUT2D eigenvalue weighted by molar-refractivity contribution is 5.71. The van der Waals surface area contributed by atoms with Crippen LogP contribution in [0.1, 0.15) is 297 Å². The lowest BCUT2D eigenvalue weighted by Gasteiger charge is -2.18. The number of hydrogen-bond acceptors (Lipinski definition) is 6. The molecule has 0 aliphatic rings. The fourth-order valence-corrected chi connectivity index (χ4v) is 8.47. The van der Waals surface area contributed by atoms with Crippen molar-refractivity contribution in [1.82, 2.24) is 0 Å². The Labute approximate surface area is 433 Å². The van der Waals surface area contributed by atoms with Gasteiger partial charge in [-0.1, -0.05) is 261 Å². The quantitative estimate of drug-likeness (QED) is 0.0261. The van der Waals surface area contributed by atoms with Crippen LogP contribution in [0.2, 0.25) is 0 Å². The van der Waals surface area contributed by atoms with Gasteiger partial charge in [-0.2, -0.15) is 0 Å². The molecule has 0 saturated heterocycles. The standard InChI is InChI=1S/C64H112O6/c1-4-7-10-13-16-19-22-25-28-30-31-32-33-35-36-39-42-45-48-51-54-57-63(66)69-60-61(59-68-62(65)56-53-50-47-44-41-38-27-24-21-18-15-12-9-6-3)70-64(67)58-55-52-49-46-43-40-37-34-29-26-23-20-17-14-11-8-5-2/h8,11,17,20,22,25-26,29-31,37,40,61H,4-7,9-10,12-16,18-19,21,23-24,27-28,32-36,38-39,41-60H2,1-3H3/b11-8-,20-17-,25-22-,29-26-,31-30-,40-37-. The summed E-state index contributed by atoms with van der Waals surface area (Å²) in [6, 6.07) is 0. The summed E-state index contributed by atoms with van der Waals surface area (Å²) >= 11 is 0. The lowest BCUT2D eigenvalue weighted by atomic mass is 10.0. The molecule has 0 aliphatic carbocycles. The molecule has 0 saturated carbocycles. The Hall–Kier alpha value is -3.15. The van der Waals surface area contributed by atoms with Gasteiger partial charge in [-0.15, -0.1) is 0 Å². The van der Waals surface area contributed by atoms with Crippen molar-refractivity contribution in [2.24, 2.45) is 0 Å². The molecule has 404 valence electrons. The maximum atomic E-state index is 12.9. The van der Waals surface area contributed by atoms with Crippen molar-refractivity contribution in [2.75, 3.05) is 13.2 Å². The normalized spacial score (nSPS) is 12.6. The molecule has 0 rings (SSSR count).